The highest BCUT2D eigenvalue weighted by Gasteiger charge is 2.46. The molecular weight excluding hydrogens is 244 g/mol. The highest BCUT2D eigenvalue weighted by molar-refractivity contribution is 5.76. The van der Waals surface area contributed by atoms with Crippen molar-refractivity contribution in [1.29, 1.82) is 0 Å². The molecule has 3 atom stereocenters. The lowest BCUT2D eigenvalue weighted by atomic mass is 10.0. The number of rotatable bonds is 4. The number of fused-ring (bicyclic) bond motifs is 1. The standard InChI is InChI=1S/C15H18O4/c1-3-18-14-5-9-4-8(2)19-13(9)7-11(14)10-6-12(10)15(16)17/h5,7-8,10,12H,3-4,6H2,1-2H3,(H,16,17)/t8-,10+,12+/m1/s1. The second-order valence-corrected chi connectivity index (χ2v) is 5.35. The van der Waals surface area contributed by atoms with Gasteiger partial charge in [-0.15, -0.1) is 0 Å². The fourth-order valence-electron chi connectivity index (χ4n) is 2.84. The summed E-state index contributed by atoms with van der Waals surface area (Å²) in [4.78, 5) is 11.0. The molecule has 0 bridgehead atoms. The van der Waals surface area contributed by atoms with Gasteiger partial charge in [-0.05, 0) is 32.4 Å². The zero-order valence-corrected chi connectivity index (χ0v) is 11.2. The molecule has 0 radical (unpaired) electrons. The van der Waals surface area contributed by atoms with Crippen molar-refractivity contribution in [3.63, 3.8) is 0 Å². The predicted octanol–water partition coefficient (Wildman–Crippen LogP) is 2.60. The summed E-state index contributed by atoms with van der Waals surface area (Å²) in [7, 11) is 0. The first kappa shape index (κ1) is 12.3. The van der Waals surface area contributed by atoms with E-state index in [0.717, 1.165) is 29.0 Å². The molecule has 0 spiro atoms. The minimum absolute atomic E-state index is 0.0730. The van der Waals surface area contributed by atoms with E-state index in [2.05, 4.69) is 0 Å². The second-order valence-electron chi connectivity index (χ2n) is 5.35. The van der Waals surface area contributed by atoms with E-state index in [1.165, 1.54) is 0 Å². The van der Waals surface area contributed by atoms with Gasteiger partial charge in [0.05, 0.1) is 12.5 Å². The molecule has 1 saturated carbocycles. The number of ether oxygens (including phenoxy) is 2. The van der Waals surface area contributed by atoms with E-state index in [1.54, 1.807) is 0 Å². The minimum atomic E-state index is -0.720. The molecule has 1 fully saturated rings. The van der Waals surface area contributed by atoms with Gasteiger partial charge in [0.25, 0.3) is 0 Å². The van der Waals surface area contributed by atoms with Crippen LogP contribution in [-0.2, 0) is 11.2 Å². The Kier molecular flexibility index (Phi) is 2.88. The van der Waals surface area contributed by atoms with E-state index >= 15 is 0 Å². The number of benzene rings is 1. The lowest BCUT2D eigenvalue weighted by molar-refractivity contribution is -0.138. The third kappa shape index (κ3) is 2.15. The van der Waals surface area contributed by atoms with Crippen molar-refractivity contribution < 1.29 is 19.4 Å². The van der Waals surface area contributed by atoms with Gasteiger partial charge in [-0.3, -0.25) is 4.79 Å². The first-order valence-electron chi connectivity index (χ1n) is 6.79. The van der Waals surface area contributed by atoms with Crippen LogP contribution in [0.15, 0.2) is 12.1 Å². The monoisotopic (exact) mass is 262 g/mol. The van der Waals surface area contributed by atoms with Gasteiger partial charge in [0.1, 0.15) is 17.6 Å². The van der Waals surface area contributed by atoms with Crippen LogP contribution in [-0.4, -0.2) is 23.8 Å². The number of carboxylic acid groups (broad SMARTS) is 1. The Morgan fingerprint density at radius 1 is 1.53 bits per heavy atom. The Hall–Kier alpha value is -1.71. The summed E-state index contributed by atoms with van der Waals surface area (Å²) >= 11 is 0. The highest BCUT2D eigenvalue weighted by Crippen LogP contribution is 2.52. The maximum Gasteiger partial charge on any atom is 0.307 e. The molecule has 4 nitrogen and oxygen atoms in total. The molecule has 0 aromatic heterocycles. The van der Waals surface area contributed by atoms with E-state index in [4.69, 9.17) is 14.6 Å². The number of hydrogen-bond donors (Lipinski definition) is 1. The van der Waals surface area contributed by atoms with Crippen LogP contribution in [0.2, 0.25) is 0 Å². The Labute approximate surface area is 112 Å². The Bertz CT molecular complexity index is 523. The molecule has 0 unspecified atom stereocenters. The van der Waals surface area contributed by atoms with Crippen molar-refractivity contribution in [3.8, 4) is 11.5 Å². The molecule has 2 aliphatic rings. The molecule has 3 rings (SSSR count). The van der Waals surface area contributed by atoms with Crippen LogP contribution in [0.3, 0.4) is 0 Å². The third-order valence-corrected chi connectivity index (χ3v) is 3.84. The maximum atomic E-state index is 11.0. The van der Waals surface area contributed by atoms with Crippen LogP contribution in [0.25, 0.3) is 0 Å². The molecule has 1 heterocycles. The van der Waals surface area contributed by atoms with Crippen LogP contribution < -0.4 is 9.47 Å². The van der Waals surface area contributed by atoms with Crippen LogP contribution >= 0.6 is 0 Å². The van der Waals surface area contributed by atoms with Gasteiger partial charge in [0.15, 0.2) is 0 Å². The van der Waals surface area contributed by atoms with E-state index in [0.29, 0.717) is 13.0 Å². The Balaban J connectivity index is 1.94. The van der Waals surface area contributed by atoms with Gasteiger partial charge in [-0.1, -0.05) is 0 Å². The fraction of sp³-hybridized carbons (Fsp3) is 0.533. The quantitative estimate of drug-likeness (QED) is 0.906. The van der Waals surface area contributed by atoms with Crippen LogP contribution in [0, 0.1) is 5.92 Å². The third-order valence-electron chi connectivity index (χ3n) is 3.84. The average molecular weight is 262 g/mol. The Morgan fingerprint density at radius 2 is 2.32 bits per heavy atom. The molecule has 19 heavy (non-hydrogen) atoms. The van der Waals surface area contributed by atoms with E-state index < -0.39 is 5.97 Å². The molecule has 1 aromatic carbocycles. The van der Waals surface area contributed by atoms with Crippen molar-refractivity contribution in [2.24, 2.45) is 5.92 Å². The van der Waals surface area contributed by atoms with E-state index in [-0.39, 0.29) is 17.9 Å². The normalized spacial score (nSPS) is 27.6. The molecule has 1 N–H and O–H groups in total. The molecule has 1 aliphatic carbocycles. The van der Waals surface area contributed by atoms with Crippen molar-refractivity contribution in [2.75, 3.05) is 6.61 Å². The van der Waals surface area contributed by atoms with E-state index in [9.17, 15) is 4.79 Å². The molecule has 1 aromatic rings. The van der Waals surface area contributed by atoms with Gasteiger partial charge >= 0.3 is 5.97 Å². The number of hydrogen-bond acceptors (Lipinski definition) is 3. The smallest absolute Gasteiger partial charge is 0.307 e. The van der Waals surface area contributed by atoms with Gasteiger partial charge in [0.2, 0.25) is 0 Å². The first-order chi connectivity index (χ1) is 9.10. The largest absolute Gasteiger partial charge is 0.494 e. The summed E-state index contributed by atoms with van der Waals surface area (Å²) in [5.41, 5.74) is 2.15. The maximum absolute atomic E-state index is 11.0. The number of carboxylic acids is 1. The molecule has 0 saturated heterocycles. The molecule has 1 aliphatic heterocycles. The van der Waals surface area contributed by atoms with Crippen molar-refractivity contribution in [3.05, 3.63) is 23.3 Å². The highest BCUT2D eigenvalue weighted by atomic mass is 16.5. The first-order valence-corrected chi connectivity index (χ1v) is 6.79. The zero-order valence-electron chi connectivity index (χ0n) is 11.2. The average Bonchev–Trinajstić information content (AvgIpc) is 3.05. The molecular formula is C15H18O4. The van der Waals surface area contributed by atoms with Crippen LogP contribution in [0.1, 0.15) is 37.3 Å². The lowest BCUT2D eigenvalue weighted by Crippen LogP contribution is -2.05. The van der Waals surface area contributed by atoms with Crippen LogP contribution in [0.5, 0.6) is 11.5 Å². The van der Waals surface area contributed by atoms with E-state index in [1.807, 2.05) is 26.0 Å². The summed E-state index contributed by atoms with van der Waals surface area (Å²) in [6.07, 6.45) is 1.78. The van der Waals surface area contributed by atoms with Crippen LogP contribution in [0.4, 0.5) is 0 Å². The van der Waals surface area contributed by atoms with Gasteiger partial charge < -0.3 is 14.6 Å². The molecule has 0 amide bonds. The zero-order chi connectivity index (χ0) is 13.6. The SMILES string of the molecule is CCOc1cc2c(cc1[C@@H]1C[C@@H]1C(=O)O)O[C@H](C)C2. The topological polar surface area (TPSA) is 55.8 Å². The number of carbonyl (C=O) groups is 1. The Morgan fingerprint density at radius 3 is 2.95 bits per heavy atom. The van der Waals surface area contributed by atoms with Crippen molar-refractivity contribution in [1.82, 2.24) is 0 Å². The summed E-state index contributed by atoms with van der Waals surface area (Å²) in [6, 6.07) is 4.01. The van der Waals surface area contributed by atoms with Gasteiger partial charge in [-0.25, -0.2) is 0 Å². The van der Waals surface area contributed by atoms with Crippen molar-refractivity contribution in [2.45, 2.75) is 38.7 Å². The fourth-order valence-corrected chi connectivity index (χ4v) is 2.84. The van der Waals surface area contributed by atoms with Crippen molar-refractivity contribution >= 4 is 5.97 Å². The summed E-state index contributed by atoms with van der Waals surface area (Å²) < 4.78 is 11.4. The predicted molar refractivity (Wildman–Crippen MR) is 69.9 cm³/mol. The second kappa shape index (κ2) is 4.44. The number of aliphatic carboxylic acids is 1. The summed E-state index contributed by atoms with van der Waals surface area (Å²) in [6.45, 7) is 4.57. The van der Waals surface area contributed by atoms with Gasteiger partial charge in [0, 0.05) is 23.5 Å². The summed E-state index contributed by atoms with van der Waals surface area (Å²) in [5, 5.41) is 9.07. The molecule has 102 valence electrons. The lowest BCUT2D eigenvalue weighted by Gasteiger charge is -2.12. The minimum Gasteiger partial charge on any atom is -0.494 e. The summed E-state index contributed by atoms with van der Waals surface area (Å²) in [5.74, 6) is 0.803. The molecule has 4 heteroatoms. The van der Waals surface area contributed by atoms with Gasteiger partial charge in [-0.2, -0.15) is 0 Å².